The topological polar surface area (TPSA) is 55.8 Å². The Labute approximate surface area is 58.4 Å². The minimum absolute atomic E-state index is 0.833. The zero-order valence-electron chi connectivity index (χ0n) is 5.48. The second-order valence-electron chi connectivity index (χ2n) is 1.34. The van der Waals surface area contributed by atoms with Crippen molar-refractivity contribution in [2.24, 2.45) is 0 Å². The number of hydrogen-bond donors (Lipinski definition) is 1. The molecule has 0 unspecified atom stereocenters. The predicted octanol–water partition coefficient (Wildman–Crippen LogP) is 1.07. The normalized spacial score (nSPS) is 12.1. The number of ether oxygens (including phenoxy) is 2. The smallest absolute Gasteiger partial charge is 0.300 e. The molecular weight excluding hydrogens is 136 g/mol. The van der Waals surface area contributed by atoms with E-state index in [1.54, 1.807) is 0 Å². The summed E-state index contributed by atoms with van der Waals surface area (Å²) in [5, 5.41) is 7.42. The maximum atomic E-state index is 9.00. The number of carboxylic acid groups (broad SMARTS) is 1. The minimum atomic E-state index is -0.833. The molecule has 0 amide bonds. The number of aliphatic carboxylic acids is 1. The van der Waals surface area contributed by atoms with Gasteiger partial charge in [-0.05, 0) is 0 Å². The summed E-state index contributed by atoms with van der Waals surface area (Å²) in [5.41, 5.74) is 0. The van der Waals surface area contributed by atoms with Crippen LogP contribution in [0, 0.1) is 0 Å². The molecule has 0 aromatic heterocycles. The molecule has 1 aliphatic heterocycles. The van der Waals surface area contributed by atoms with Gasteiger partial charge in [0.2, 0.25) is 0 Å². The van der Waals surface area contributed by atoms with Crippen LogP contribution in [0.25, 0.3) is 0 Å². The zero-order chi connectivity index (χ0) is 7.82. The lowest BCUT2D eigenvalue weighted by Crippen LogP contribution is -1.78. The molecule has 0 bridgehead atoms. The summed E-state index contributed by atoms with van der Waals surface area (Å²) in [6.45, 7) is 1.08. The van der Waals surface area contributed by atoms with Gasteiger partial charge < -0.3 is 14.6 Å². The first kappa shape index (κ1) is 8.55. The van der Waals surface area contributed by atoms with Gasteiger partial charge in [-0.25, -0.2) is 0 Å². The van der Waals surface area contributed by atoms with E-state index in [9.17, 15) is 0 Å². The molecule has 1 N–H and O–H groups in total. The van der Waals surface area contributed by atoms with E-state index in [4.69, 9.17) is 9.90 Å². The molecule has 0 aromatic carbocycles. The van der Waals surface area contributed by atoms with Crippen molar-refractivity contribution in [1.29, 1.82) is 0 Å². The molecule has 4 nitrogen and oxygen atoms in total. The van der Waals surface area contributed by atoms with Crippen molar-refractivity contribution in [3.8, 4) is 0 Å². The molecule has 10 heavy (non-hydrogen) atoms. The lowest BCUT2D eigenvalue weighted by atomic mass is 10.9. The average molecular weight is 144 g/mol. The van der Waals surface area contributed by atoms with Crippen LogP contribution in [0.1, 0.15) is 6.92 Å². The fourth-order valence-corrected chi connectivity index (χ4v) is 0.219. The Kier molecular flexibility index (Phi) is 4.86. The van der Waals surface area contributed by atoms with Crippen LogP contribution in [0.2, 0.25) is 0 Å². The Morgan fingerprint density at radius 1 is 1.20 bits per heavy atom. The van der Waals surface area contributed by atoms with E-state index in [0.29, 0.717) is 0 Å². The fourth-order valence-electron chi connectivity index (χ4n) is 0.219. The highest BCUT2D eigenvalue weighted by Crippen LogP contribution is 1.89. The highest BCUT2D eigenvalue weighted by molar-refractivity contribution is 5.62. The predicted molar refractivity (Wildman–Crippen MR) is 33.8 cm³/mol. The van der Waals surface area contributed by atoms with Crippen LogP contribution in [0.5, 0.6) is 0 Å². The minimum Gasteiger partial charge on any atom is -0.481 e. The Morgan fingerprint density at radius 2 is 1.40 bits per heavy atom. The molecule has 1 aliphatic rings. The first-order valence-electron chi connectivity index (χ1n) is 2.54. The Morgan fingerprint density at radius 3 is 1.50 bits per heavy atom. The third-order valence-electron chi connectivity index (χ3n) is 0.425. The van der Waals surface area contributed by atoms with Crippen molar-refractivity contribution in [2.45, 2.75) is 6.92 Å². The van der Waals surface area contributed by atoms with Crippen LogP contribution in [-0.2, 0) is 14.3 Å². The van der Waals surface area contributed by atoms with Gasteiger partial charge in [0, 0.05) is 6.92 Å². The monoisotopic (exact) mass is 144 g/mol. The summed E-state index contributed by atoms with van der Waals surface area (Å²) in [7, 11) is 0. The maximum Gasteiger partial charge on any atom is 0.300 e. The van der Waals surface area contributed by atoms with Gasteiger partial charge in [0.1, 0.15) is 25.0 Å². The Hall–Kier alpha value is -1.45. The summed E-state index contributed by atoms with van der Waals surface area (Å²) in [4.78, 5) is 9.00. The van der Waals surface area contributed by atoms with E-state index >= 15 is 0 Å². The lowest BCUT2D eigenvalue weighted by Gasteiger charge is -1.94. The number of hydrogen-bond acceptors (Lipinski definition) is 3. The summed E-state index contributed by atoms with van der Waals surface area (Å²) in [5.74, 6) is -0.833. The molecule has 0 saturated heterocycles. The van der Waals surface area contributed by atoms with Crippen molar-refractivity contribution in [1.82, 2.24) is 0 Å². The highest BCUT2D eigenvalue weighted by Gasteiger charge is 1.74. The quantitative estimate of drug-likeness (QED) is 0.552. The summed E-state index contributed by atoms with van der Waals surface area (Å²) < 4.78 is 9.17. The second kappa shape index (κ2) is 5.68. The largest absolute Gasteiger partial charge is 0.481 e. The third-order valence-corrected chi connectivity index (χ3v) is 0.425. The molecule has 4 heteroatoms. The highest BCUT2D eigenvalue weighted by atomic mass is 16.5. The summed E-state index contributed by atoms with van der Waals surface area (Å²) in [6.07, 6.45) is 5.83. The average Bonchev–Trinajstić information content (AvgIpc) is 1.90. The van der Waals surface area contributed by atoms with Gasteiger partial charge in [0.15, 0.2) is 0 Å². The molecule has 0 aliphatic carbocycles. The van der Waals surface area contributed by atoms with Gasteiger partial charge in [0.25, 0.3) is 5.97 Å². The molecule has 56 valence electrons. The van der Waals surface area contributed by atoms with Gasteiger partial charge in [-0.1, -0.05) is 0 Å². The number of carboxylic acids is 1. The van der Waals surface area contributed by atoms with Crippen molar-refractivity contribution < 1.29 is 19.4 Å². The van der Waals surface area contributed by atoms with Crippen LogP contribution >= 0.6 is 0 Å². The van der Waals surface area contributed by atoms with Crippen LogP contribution in [0.3, 0.4) is 0 Å². The second-order valence-corrected chi connectivity index (χ2v) is 1.34. The van der Waals surface area contributed by atoms with Gasteiger partial charge in [-0.2, -0.15) is 0 Å². The molecular formula is C6H8O4. The van der Waals surface area contributed by atoms with Gasteiger partial charge in [-0.15, -0.1) is 0 Å². The van der Waals surface area contributed by atoms with Crippen molar-refractivity contribution in [3.05, 3.63) is 25.0 Å². The van der Waals surface area contributed by atoms with Gasteiger partial charge in [0.05, 0.1) is 0 Å². The van der Waals surface area contributed by atoms with Crippen LogP contribution in [-0.4, -0.2) is 11.1 Å². The molecule has 0 radical (unpaired) electrons. The first-order valence-corrected chi connectivity index (χ1v) is 2.54. The molecule has 1 rings (SSSR count). The van der Waals surface area contributed by atoms with E-state index in [1.807, 2.05) is 0 Å². The van der Waals surface area contributed by atoms with Crippen molar-refractivity contribution >= 4 is 5.97 Å². The molecule has 0 atom stereocenters. The zero-order valence-corrected chi connectivity index (χ0v) is 5.48. The summed E-state index contributed by atoms with van der Waals surface area (Å²) >= 11 is 0. The van der Waals surface area contributed by atoms with Crippen molar-refractivity contribution in [3.63, 3.8) is 0 Å². The lowest BCUT2D eigenvalue weighted by molar-refractivity contribution is -0.134. The van der Waals surface area contributed by atoms with Crippen molar-refractivity contribution in [2.75, 3.05) is 0 Å². The molecule has 1 heterocycles. The molecule has 0 spiro atoms. The van der Waals surface area contributed by atoms with E-state index in [2.05, 4.69) is 9.47 Å². The third kappa shape index (κ3) is 9.75. The van der Waals surface area contributed by atoms with E-state index in [1.165, 1.54) is 25.0 Å². The molecule has 0 aromatic rings. The first-order chi connectivity index (χ1) is 4.73. The Balaban J connectivity index is 0.000000180. The fraction of sp³-hybridized carbons (Fsp3) is 0.167. The number of rotatable bonds is 0. The van der Waals surface area contributed by atoms with Crippen LogP contribution < -0.4 is 0 Å². The van der Waals surface area contributed by atoms with E-state index in [-0.39, 0.29) is 0 Å². The standard InChI is InChI=1S/C4H4O2.C2H4O2/c1-2-6-4-3-5-1;1-2(3)4/h1-4H;1H3,(H,3,4). The van der Waals surface area contributed by atoms with Gasteiger partial charge in [-0.3, -0.25) is 4.79 Å². The Bertz CT molecular complexity index is 124. The van der Waals surface area contributed by atoms with Crippen LogP contribution in [0.15, 0.2) is 25.0 Å². The summed E-state index contributed by atoms with van der Waals surface area (Å²) in [6, 6.07) is 0. The number of carbonyl (C=O) groups is 1. The molecule has 0 saturated carbocycles. The van der Waals surface area contributed by atoms with Gasteiger partial charge >= 0.3 is 0 Å². The maximum absolute atomic E-state index is 9.00. The SMILES string of the molecule is C1=COC=CO1.CC(=O)O. The van der Waals surface area contributed by atoms with E-state index < -0.39 is 5.97 Å². The molecule has 0 fully saturated rings. The van der Waals surface area contributed by atoms with E-state index in [0.717, 1.165) is 6.92 Å². The van der Waals surface area contributed by atoms with Crippen LogP contribution in [0.4, 0.5) is 0 Å².